The van der Waals surface area contributed by atoms with Crippen LogP contribution in [0, 0.1) is 12.8 Å². The van der Waals surface area contributed by atoms with Crippen molar-refractivity contribution < 1.29 is 5.11 Å². The predicted molar refractivity (Wildman–Crippen MR) is 90.4 cm³/mol. The highest BCUT2D eigenvalue weighted by Gasteiger charge is 2.18. The third-order valence-electron chi connectivity index (χ3n) is 4.34. The standard InChI is InChI=1S/C18H24N4O/c1-13-21-17-8-3-2-7-16(17)18(22-13)20-11-14(12-23)10-15-6-4-5-9-19-15/h4-6,9,14,23H,2-3,7-8,10-12H2,1H3,(H,20,21,22). The Hall–Kier alpha value is -2.01. The summed E-state index contributed by atoms with van der Waals surface area (Å²) in [5.74, 6) is 1.89. The average molecular weight is 312 g/mol. The number of aromatic nitrogens is 3. The lowest BCUT2D eigenvalue weighted by molar-refractivity contribution is 0.232. The second-order valence-corrected chi connectivity index (χ2v) is 6.21. The van der Waals surface area contributed by atoms with Gasteiger partial charge >= 0.3 is 0 Å². The van der Waals surface area contributed by atoms with E-state index in [-0.39, 0.29) is 12.5 Å². The summed E-state index contributed by atoms with van der Waals surface area (Å²) in [5.41, 5.74) is 3.46. The van der Waals surface area contributed by atoms with Gasteiger partial charge < -0.3 is 10.4 Å². The van der Waals surface area contributed by atoms with Crippen LogP contribution in [0.4, 0.5) is 5.82 Å². The Balaban J connectivity index is 1.68. The predicted octanol–water partition coefficient (Wildman–Crippen LogP) is 2.32. The van der Waals surface area contributed by atoms with E-state index in [0.717, 1.165) is 36.6 Å². The first-order valence-electron chi connectivity index (χ1n) is 8.37. The van der Waals surface area contributed by atoms with Gasteiger partial charge in [-0.25, -0.2) is 9.97 Å². The summed E-state index contributed by atoms with van der Waals surface area (Å²) in [6.07, 6.45) is 7.05. The Morgan fingerprint density at radius 3 is 2.87 bits per heavy atom. The van der Waals surface area contributed by atoms with Gasteiger partial charge in [0.2, 0.25) is 0 Å². The third kappa shape index (κ3) is 4.05. The fourth-order valence-electron chi connectivity index (χ4n) is 3.12. The second kappa shape index (κ2) is 7.51. The van der Waals surface area contributed by atoms with E-state index < -0.39 is 0 Å². The minimum absolute atomic E-state index is 0.124. The van der Waals surface area contributed by atoms with E-state index in [4.69, 9.17) is 0 Å². The molecule has 5 heteroatoms. The van der Waals surface area contributed by atoms with Gasteiger partial charge in [-0.2, -0.15) is 0 Å². The number of rotatable bonds is 6. The molecule has 2 aromatic heterocycles. The second-order valence-electron chi connectivity index (χ2n) is 6.21. The molecule has 1 aliphatic rings. The summed E-state index contributed by atoms with van der Waals surface area (Å²) >= 11 is 0. The normalized spacial score (nSPS) is 15.0. The van der Waals surface area contributed by atoms with Crippen molar-refractivity contribution >= 4 is 5.82 Å². The van der Waals surface area contributed by atoms with Gasteiger partial charge in [0.25, 0.3) is 0 Å². The summed E-state index contributed by atoms with van der Waals surface area (Å²) in [6.45, 7) is 2.77. The van der Waals surface area contributed by atoms with Crippen molar-refractivity contribution in [1.29, 1.82) is 0 Å². The van der Waals surface area contributed by atoms with E-state index in [1.807, 2.05) is 25.1 Å². The molecule has 0 aromatic carbocycles. The summed E-state index contributed by atoms with van der Waals surface area (Å²) in [5, 5.41) is 13.1. The Morgan fingerprint density at radius 1 is 1.22 bits per heavy atom. The Bertz CT molecular complexity index is 645. The number of hydrogen-bond acceptors (Lipinski definition) is 5. The van der Waals surface area contributed by atoms with Gasteiger partial charge in [-0.3, -0.25) is 4.98 Å². The van der Waals surface area contributed by atoms with Gasteiger partial charge in [-0.1, -0.05) is 6.07 Å². The van der Waals surface area contributed by atoms with Gasteiger partial charge in [-0.05, 0) is 51.2 Å². The van der Waals surface area contributed by atoms with Crippen molar-refractivity contribution in [3.8, 4) is 0 Å². The molecular weight excluding hydrogens is 288 g/mol. The molecule has 0 radical (unpaired) electrons. The SMILES string of the molecule is Cc1nc2c(c(NCC(CO)Cc3ccccn3)n1)CCCC2. The zero-order valence-electron chi connectivity index (χ0n) is 13.6. The summed E-state index contributed by atoms with van der Waals surface area (Å²) in [7, 11) is 0. The molecule has 23 heavy (non-hydrogen) atoms. The molecule has 1 aliphatic carbocycles. The number of nitrogens with zero attached hydrogens (tertiary/aromatic N) is 3. The van der Waals surface area contributed by atoms with E-state index in [9.17, 15) is 5.11 Å². The fourth-order valence-corrected chi connectivity index (χ4v) is 3.12. The minimum atomic E-state index is 0.124. The van der Waals surface area contributed by atoms with Gasteiger partial charge in [0.05, 0.1) is 0 Å². The molecule has 0 spiro atoms. The largest absolute Gasteiger partial charge is 0.396 e. The highest BCUT2D eigenvalue weighted by atomic mass is 16.3. The van der Waals surface area contributed by atoms with Gasteiger partial charge in [0.1, 0.15) is 11.6 Å². The fraction of sp³-hybridized carbons (Fsp3) is 0.500. The van der Waals surface area contributed by atoms with Crippen molar-refractivity contribution in [2.75, 3.05) is 18.5 Å². The third-order valence-corrected chi connectivity index (χ3v) is 4.34. The molecule has 2 heterocycles. The van der Waals surface area contributed by atoms with Gasteiger partial charge in [0.15, 0.2) is 0 Å². The highest BCUT2D eigenvalue weighted by Crippen LogP contribution is 2.25. The number of aryl methyl sites for hydroxylation is 2. The zero-order chi connectivity index (χ0) is 16.1. The number of hydrogen-bond donors (Lipinski definition) is 2. The molecule has 1 atom stereocenters. The Labute approximate surface area is 137 Å². The molecule has 122 valence electrons. The molecule has 0 bridgehead atoms. The maximum atomic E-state index is 9.66. The molecule has 1 unspecified atom stereocenters. The lowest BCUT2D eigenvalue weighted by atomic mass is 9.96. The quantitative estimate of drug-likeness (QED) is 0.856. The summed E-state index contributed by atoms with van der Waals surface area (Å²) in [6, 6.07) is 5.89. The van der Waals surface area contributed by atoms with Crippen LogP contribution in [-0.2, 0) is 19.3 Å². The van der Waals surface area contributed by atoms with Crippen LogP contribution in [0.3, 0.4) is 0 Å². The number of aliphatic hydroxyl groups is 1. The Morgan fingerprint density at radius 2 is 2.09 bits per heavy atom. The molecule has 0 amide bonds. The maximum absolute atomic E-state index is 9.66. The average Bonchev–Trinajstić information content (AvgIpc) is 2.59. The minimum Gasteiger partial charge on any atom is -0.396 e. The number of pyridine rings is 1. The molecule has 0 aliphatic heterocycles. The molecule has 5 nitrogen and oxygen atoms in total. The molecule has 3 rings (SSSR count). The number of nitrogens with one attached hydrogen (secondary N) is 1. The molecule has 2 aromatic rings. The van der Waals surface area contributed by atoms with Crippen LogP contribution in [0.15, 0.2) is 24.4 Å². The maximum Gasteiger partial charge on any atom is 0.133 e. The van der Waals surface area contributed by atoms with Crippen LogP contribution in [0.1, 0.15) is 35.6 Å². The molecule has 0 saturated heterocycles. The summed E-state index contributed by atoms with van der Waals surface area (Å²) in [4.78, 5) is 13.5. The van der Waals surface area contributed by atoms with Crippen molar-refractivity contribution in [3.05, 3.63) is 47.2 Å². The lowest BCUT2D eigenvalue weighted by Gasteiger charge is -2.21. The van der Waals surface area contributed by atoms with Gasteiger partial charge in [0, 0.05) is 42.2 Å². The van der Waals surface area contributed by atoms with Gasteiger partial charge in [-0.15, -0.1) is 0 Å². The van der Waals surface area contributed by atoms with E-state index in [0.29, 0.717) is 6.54 Å². The first-order valence-corrected chi connectivity index (χ1v) is 8.37. The van der Waals surface area contributed by atoms with E-state index in [1.54, 1.807) is 6.20 Å². The van der Waals surface area contributed by atoms with Crippen LogP contribution in [0.25, 0.3) is 0 Å². The van der Waals surface area contributed by atoms with Crippen molar-refractivity contribution in [2.24, 2.45) is 5.92 Å². The van der Waals surface area contributed by atoms with Crippen LogP contribution < -0.4 is 5.32 Å². The molecule has 0 saturated carbocycles. The smallest absolute Gasteiger partial charge is 0.133 e. The monoisotopic (exact) mass is 312 g/mol. The lowest BCUT2D eigenvalue weighted by Crippen LogP contribution is -2.23. The highest BCUT2D eigenvalue weighted by molar-refractivity contribution is 5.47. The first-order chi connectivity index (χ1) is 11.3. The molecular formula is C18H24N4O. The van der Waals surface area contributed by atoms with Crippen molar-refractivity contribution in [1.82, 2.24) is 15.0 Å². The summed E-state index contributed by atoms with van der Waals surface area (Å²) < 4.78 is 0. The van der Waals surface area contributed by atoms with Crippen LogP contribution in [0.2, 0.25) is 0 Å². The van der Waals surface area contributed by atoms with E-state index in [1.165, 1.54) is 24.1 Å². The van der Waals surface area contributed by atoms with Crippen molar-refractivity contribution in [2.45, 2.75) is 39.0 Å². The van der Waals surface area contributed by atoms with E-state index in [2.05, 4.69) is 20.3 Å². The Kier molecular flexibility index (Phi) is 5.18. The number of fused-ring (bicyclic) bond motifs is 1. The first kappa shape index (κ1) is 15.9. The molecule has 2 N–H and O–H groups in total. The van der Waals surface area contributed by atoms with Crippen LogP contribution >= 0.6 is 0 Å². The van der Waals surface area contributed by atoms with Crippen LogP contribution in [0.5, 0.6) is 0 Å². The zero-order valence-corrected chi connectivity index (χ0v) is 13.6. The number of anilines is 1. The van der Waals surface area contributed by atoms with E-state index >= 15 is 0 Å². The van der Waals surface area contributed by atoms with Crippen LogP contribution in [-0.4, -0.2) is 33.2 Å². The molecule has 0 fully saturated rings. The topological polar surface area (TPSA) is 70.9 Å². The number of aliphatic hydroxyl groups excluding tert-OH is 1. The van der Waals surface area contributed by atoms with Crippen molar-refractivity contribution in [3.63, 3.8) is 0 Å².